The number of phenolic OH excluding ortho intramolecular Hbond substituents is 1. The second kappa shape index (κ2) is 21.4. The van der Waals surface area contributed by atoms with E-state index in [1.54, 1.807) is 58.0 Å². The molecule has 5 aliphatic heterocycles. The first-order chi connectivity index (χ1) is 40.3. The Kier molecular flexibility index (Phi) is 15.2. The van der Waals surface area contributed by atoms with Crippen molar-refractivity contribution in [2.45, 2.75) is 122 Å². The maximum Gasteiger partial charge on any atom is 0.536 e. The van der Waals surface area contributed by atoms with Crippen molar-refractivity contribution in [3.63, 3.8) is 0 Å². The van der Waals surface area contributed by atoms with Crippen molar-refractivity contribution < 1.29 is 109 Å². The molecule has 86 heavy (non-hydrogen) atoms. The van der Waals surface area contributed by atoms with Crippen molar-refractivity contribution >= 4 is 53.0 Å². The molecule has 1 amide bonds. The molecule has 12 rings (SSSR count). The van der Waals surface area contributed by atoms with Gasteiger partial charge >= 0.3 is 29.4 Å². The number of phenols is 1. The largest absolute Gasteiger partial charge is 0.536 e. The first kappa shape index (κ1) is 61.1. The lowest BCUT2D eigenvalue weighted by Crippen LogP contribution is -2.72. The summed E-state index contributed by atoms with van der Waals surface area (Å²) in [5.41, 5.74) is -3.07. The van der Waals surface area contributed by atoms with Crippen LogP contribution < -0.4 is 38.3 Å². The highest BCUT2D eigenvalue weighted by Crippen LogP contribution is 2.71. The molecule has 11 atom stereocenters. The molecule has 11 unspecified atom stereocenters. The molecule has 1 saturated carbocycles. The number of phosphoric acid groups is 3. The van der Waals surface area contributed by atoms with Crippen molar-refractivity contribution in [1.82, 2.24) is 5.32 Å². The number of aromatic hydroxyl groups is 1. The Hall–Kier alpha value is -6.55. The first-order valence-electron chi connectivity index (χ1n) is 27.7. The number of allylic oxidation sites excluding steroid dienone is 5. The SMILES string of the molecule is COc1cc(C2c3cc4c(cc3C(NC(=O)C(C)=CCC35OC(C)(C)C6CC(C=C7C(=O)c8c(OP(=O)(O)OP(=O)(O)OP(=O)(O)O)c9c(c(CC=C(C)C)c8OC763)OC(C)(CCC=C(C)C)C=C9)C5=O)C3COC(=O)C23)OCO4)cc(OC)c1O. The van der Waals surface area contributed by atoms with Crippen molar-refractivity contribution in [2.75, 3.05) is 27.6 Å². The number of hydrogen-bond acceptors (Lipinski definition) is 19. The molecule has 9 aliphatic rings. The van der Waals surface area contributed by atoms with Crippen molar-refractivity contribution in [3.8, 4) is 46.0 Å². The maximum absolute atomic E-state index is 16.0. The third-order valence-corrected chi connectivity index (χ3v) is 21.2. The van der Waals surface area contributed by atoms with Gasteiger partial charge in [-0.1, -0.05) is 35.5 Å². The zero-order valence-corrected chi connectivity index (χ0v) is 51.3. The Bertz CT molecular complexity index is 3750. The number of amides is 1. The van der Waals surface area contributed by atoms with Crippen LogP contribution in [0.4, 0.5) is 0 Å². The summed E-state index contributed by atoms with van der Waals surface area (Å²) < 4.78 is 102. The number of esters is 1. The Morgan fingerprint density at radius 1 is 0.826 bits per heavy atom. The zero-order chi connectivity index (χ0) is 62.2. The minimum Gasteiger partial charge on any atom is -0.502 e. The Balaban J connectivity index is 1.01. The highest BCUT2D eigenvalue weighted by molar-refractivity contribution is 7.66. The van der Waals surface area contributed by atoms with Crippen molar-refractivity contribution in [2.24, 2.45) is 23.7 Å². The van der Waals surface area contributed by atoms with Gasteiger partial charge in [0.15, 0.2) is 51.5 Å². The number of Topliss-reactive ketones (excluding diaryl/α,β-unsaturated/α-hetero) is 2. The van der Waals surface area contributed by atoms with Gasteiger partial charge in [0.1, 0.15) is 22.7 Å². The molecule has 4 bridgehead atoms. The second-order valence-corrected chi connectivity index (χ2v) is 28.3. The van der Waals surface area contributed by atoms with Crippen LogP contribution in [0, 0.1) is 23.7 Å². The fourth-order valence-corrected chi connectivity index (χ4v) is 16.8. The van der Waals surface area contributed by atoms with Crippen LogP contribution in [0.1, 0.15) is 131 Å². The molecule has 6 N–H and O–H groups in total. The molecule has 3 aromatic rings. The smallest absolute Gasteiger partial charge is 0.502 e. The van der Waals surface area contributed by atoms with Crippen LogP contribution in [0.2, 0.25) is 0 Å². The lowest BCUT2D eigenvalue weighted by Gasteiger charge is -2.56. The van der Waals surface area contributed by atoms with Gasteiger partial charge in [-0.2, -0.15) is 8.62 Å². The standard InChI is InChI=1S/C59H66NO23P3/c1-28(2)12-11-17-57(8)18-16-34-50(78-57)33(14-13-29(3)4)51-46(52(34)80-85(69,70)83-86(71,72)82-84(66,67)68)48(61)38-20-32-23-43-56(6,7)81-58(53(32)63,59(38,43)79-51)19-15-30(5)54(64)60-47-36-25-40-39(76-27-77-40)24-35(36)44(45-37(47)26-75-55(45)65)31-21-41(73-9)49(62)42(22-31)74-10/h12-13,15-16,18,20-22,24-25,32,37,43-45,47,62H,11,14,17,19,23,26-27H2,1-10H3,(H,60,64)(H,69,70)(H,71,72)(H2,66,67,68). The van der Waals surface area contributed by atoms with E-state index in [0.717, 1.165) is 11.1 Å². The minimum absolute atomic E-state index is 0.00249. The summed E-state index contributed by atoms with van der Waals surface area (Å²) in [5.74, 6) is -6.68. The number of phosphoric ester groups is 1. The highest BCUT2D eigenvalue weighted by atomic mass is 31.3. The molecule has 2 saturated heterocycles. The number of carbonyl (C=O) groups excluding carboxylic acids is 4. The number of benzene rings is 3. The maximum atomic E-state index is 16.0. The molecule has 0 aromatic heterocycles. The van der Waals surface area contributed by atoms with Crippen LogP contribution in [0.5, 0.6) is 46.0 Å². The molecule has 24 nitrogen and oxygen atoms in total. The average molecular weight is 1250 g/mol. The van der Waals surface area contributed by atoms with Gasteiger partial charge in [0.05, 0.1) is 44.0 Å². The number of nitrogens with one attached hydrogen (secondary N) is 1. The quantitative estimate of drug-likeness (QED) is 0.0299. The third-order valence-electron chi connectivity index (χ3n) is 17.4. The van der Waals surface area contributed by atoms with Crippen LogP contribution in [0.25, 0.3) is 6.08 Å². The Morgan fingerprint density at radius 2 is 1.49 bits per heavy atom. The zero-order valence-electron chi connectivity index (χ0n) is 48.6. The molecule has 3 fully saturated rings. The number of fused-ring (bicyclic) bond motifs is 5. The van der Waals surface area contributed by atoms with Gasteiger partial charge in [-0.05, 0) is 134 Å². The van der Waals surface area contributed by atoms with E-state index in [9.17, 15) is 48.0 Å². The highest BCUT2D eigenvalue weighted by Gasteiger charge is 2.81. The van der Waals surface area contributed by atoms with Gasteiger partial charge in [-0.25, -0.2) is 13.7 Å². The van der Waals surface area contributed by atoms with Gasteiger partial charge in [-0.3, -0.25) is 24.1 Å². The van der Waals surface area contributed by atoms with Crippen LogP contribution in [0.15, 0.2) is 76.9 Å². The summed E-state index contributed by atoms with van der Waals surface area (Å²) >= 11 is 0. The second-order valence-electron chi connectivity index (χ2n) is 24.0. The molecule has 3 aromatic carbocycles. The summed E-state index contributed by atoms with van der Waals surface area (Å²) in [6.45, 7) is 14.3. The van der Waals surface area contributed by atoms with Crippen molar-refractivity contribution in [1.29, 1.82) is 0 Å². The van der Waals surface area contributed by atoms with E-state index < -0.39 is 116 Å². The molecule has 27 heteroatoms. The lowest BCUT2D eigenvalue weighted by molar-refractivity contribution is -0.171. The predicted octanol–water partition coefficient (Wildman–Crippen LogP) is 9.40. The number of ether oxygens (including phenoxy) is 8. The van der Waals surface area contributed by atoms with E-state index in [1.807, 2.05) is 39.8 Å². The van der Waals surface area contributed by atoms with E-state index in [1.165, 1.54) is 32.4 Å². The monoisotopic (exact) mass is 1250 g/mol. The summed E-state index contributed by atoms with van der Waals surface area (Å²) in [6, 6.07) is 5.85. The first-order valence-corrected chi connectivity index (χ1v) is 32.2. The molecule has 4 aliphatic carbocycles. The van der Waals surface area contributed by atoms with E-state index in [-0.39, 0.29) is 83.7 Å². The van der Waals surface area contributed by atoms with E-state index in [0.29, 0.717) is 41.0 Å². The third kappa shape index (κ3) is 10.2. The topological polar surface area (TPSA) is 334 Å². The van der Waals surface area contributed by atoms with Crippen molar-refractivity contribution in [3.05, 3.63) is 110 Å². The molecule has 1 spiro atoms. The van der Waals surface area contributed by atoms with Gasteiger partial charge in [-0.15, -0.1) is 0 Å². The van der Waals surface area contributed by atoms with Gasteiger partial charge in [0.2, 0.25) is 18.4 Å². The molecule has 5 heterocycles. The fourth-order valence-electron chi connectivity index (χ4n) is 13.8. The summed E-state index contributed by atoms with van der Waals surface area (Å²) in [4.78, 5) is 101. The summed E-state index contributed by atoms with van der Waals surface area (Å²) in [7, 11) is -15.2. The number of carbonyl (C=O) groups is 4. The predicted molar refractivity (Wildman–Crippen MR) is 304 cm³/mol. The van der Waals surface area contributed by atoms with Crippen LogP contribution in [0.3, 0.4) is 0 Å². The van der Waals surface area contributed by atoms with Gasteiger partial charge in [0.25, 0.3) is 0 Å². The Labute approximate surface area is 494 Å². The normalized spacial score (nSPS) is 29.0. The van der Waals surface area contributed by atoms with Crippen LogP contribution in [-0.4, -0.2) is 98.1 Å². The fraction of sp³-hybridized carbons (Fsp3) is 0.458. The van der Waals surface area contributed by atoms with Crippen LogP contribution >= 0.6 is 23.5 Å². The number of hydrogen-bond donors (Lipinski definition) is 6. The van der Waals surface area contributed by atoms with Gasteiger partial charge < -0.3 is 67.5 Å². The molecular formula is C59H66NO23P3. The minimum atomic E-state index is -6.09. The number of ketones is 2. The van der Waals surface area contributed by atoms with Crippen LogP contribution in [-0.2, 0) is 52.6 Å². The van der Waals surface area contributed by atoms with Gasteiger partial charge in [0, 0.05) is 46.8 Å². The molecule has 0 radical (unpaired) electrons. The Morgan fingerprint density at radius 3 is 2.13 bits per heavy atom. The number of cyclic esters (lactones) is 1. The lowest BCUT2D eigenvalue weighted by atomic mass is 9.51. The van der Waals surface area contributed by atoms with E-state index >= 15 is 9.59 Å². The molecular weight excluding hydrogens is 1180 g/mol. The van der Waals surface area contributed by atoms with E-state index in [4.69, 9.17) is 42.4 Å². The summed E-state index contributed by atoms with van der Waals surface area (Å²) in [6.07, 6.45) is 10.7. The summed E-state index contributed by atoms with van der Waals surface area (Å²) in [5, 5.41) is 14.0. The number of methoxy groups -OCH3 is 2. The molecule has 460 valence electrons. The number of rotatable bonds is 18. The van der Waals surface area contributed by atoms with E-state index in [2.05, 4.69) is 13.9 Å². The average Bonchev–Trinajstić information content (AvgIpc) is 1.38.